The number of nitrogens with zero attached hydrogens (tertiary/aromatic N) is 2. The second kappa shape index (κ2) is 9.82. The van der Waals surface area contributed by atoms with Crippen molar-refractivity contribution in [1.29, 1.82) is 0 Å². The van der Waals surface area contributed by atoms with Gasteiger partial charge in [-0.1, -0.05) is 0 Å². The van der Waals surface area contributed by atoms with Gasteiger partial charge in [0.05, 0.1) is 38.7 Å². The maximum atomic E-state index is 12.5. The molecule has 0 aliphatic heterocycles. The van der Waals surface area contributed by atoms with E-state index in [1.54, 1.807) is 43.7 Å². The molecule has 3 aromatic rings. The molecular formula is C24H25N3O5. The van der Waals surface area contributed by atoms with E-state index in [0.29, 0.717) is 22.6 Å². The first kappa shape index (κ1) is 22.6. The molecule has 0 spiro atoms. The number of carbonyl (C=O) groups excluding carboxylic acids is 2. The molecule has 0 bridgehead atoms. The lowest BCUT2D eigenvalue weighted by Gasteiger charge is -2.10. The van der Waals surface area contributed by atoms with E-state index < -0.39 is 5.91 Å². The van der Waals surface area contributed by atoms with E-state index in [4.69, 9.17) is 14.2 Å². The zero-order chi connectivity index (χ0) is 23.3. The first-order valence-corrected chi connectivity index (χ1v) is 9.82. The van der Waals surface area contributed by atoms with Crippen molar-refractivity contribution in [3.8, 4) is 17.2 Å². The van der Waals surface area contributed by atoms with Gasteiger partial charge in [-0.05, 0) is 56.3 Å². The molecule has 166 valence electrons. The van der Waals surface area contributed by atoms with Crippen LogP contribution in [0.15, 0.2) is 53.6 Å². The van der Waals surface area contributed by atoms with Gasteiger partial charge in [-0.3, -0.25) is 4.79 Å². The summed E-state index contributed by atoms with van der Waals surface area (Å²) < 4.78 is 17.2. The smallest absolute Gasteiger partial charge is 0.337 e. The van der Waals surface area contributed by atoms with Crippen LogP contribution < -0.4 is 14.9 Å². The summed E-state index contributed by atoms with van der Waals surface area (Å²) in [4.78, 5) is 24.2. The van der Waals surface area contributed by atoms with Crippen LogP contribution in [0.2, 0.25) is 0 Å². The number of benzene rings is 2. The van der Waals surface area contributed by atoms with Gasteiger partial charge < -0.3 is 18.8 Å². The van der Waals surface area contributed by atoms with Crippen LogP contribution in [0.5, 0.6) is 11.5 Å². The molecular weight excluding hydrogens is 410 g/mol. The fourth-order valence-electron chi connectivity index (χ4n) is 3.39. The highest BCUT2D eigenvalue weighted by atomic mass is 16.5. The van der Waals surface area contributed by atoms with Crippen LogP contribution in [0.25, 0.3) is 5.69 Å². The number of ether oxygens (including phenoxy) is 3. The van der Waals surface area contributed by atoms with Gasteiger partial charge in [0.15, 0.2) is 0 Å². The summed E-state index contributed by atoms with van der Waals surface area (Å²) >= 11 is 0. The molecule has 1 amide bonds. The second-order valence-electron chi connectivity index (χ2n) is 6.97. The molecule has 1 aromatic heterocycles. The minimum atomic E-state index is -0.395. The van der Waals surface area contributed by atoms with E-state index in [9.17, 15) is 9.59 Å². The van der Waals surface area contributed by atoms with Crippen molar-refractivity contribution in [2.24, 2.45) is 5.10 Å². The molecule has 32 heavy (non-hydrogen) atoms. The van der Waals surface area contributed by atoms with Gasteiger partial charge in [0.1, 0.15) is 11.5 Å². The summed E-state index contributed by atoms with van der Waals surface area (Å²) in [5, 5.41) is 4.11. The number of nitrogens with one attached hydrogen (secondary N) is 1. The van der Waals surface area contributed by atoms with Crippen LogP contribution in [0, 0.1) is 13.8 Å². The fraction of sp³-hybridized carbons (Fsp3) is 0.208. The van der Waals surface area contributed by atoms with Gasteiger partial charge in [-0.2, -0.15) is 5.10 Å². The van der Waals surface area contributed by atoms with Crippen molar-refractivity contribution >= 4 is 18.1 Å². The van der Waals surface area contributed by atoms with Crippen LogP contribution in [0.4, 0.5) is 0 Å². The third-order valence-corrected chi connectivity index (χ3v) is 5.04. The Hall–Kier alpha value is -4.07. The normalized spacial score (nSPS) is 10.8. The second-order valence-corrected chi connectivity index (χ2v) is 6.97. The van der Waals surface area contributed by atoms with Crippen molar-refractivity contribution in [3.63, 3.8) is 0 Å². The van der Waals surface area contributed by atoms with Crippen molar-refractivity contribution in [3.05, 3.63) is 76.6 Å². The molecule has 0 aliphatic carbocycles. The molecule has 0 atom stereocenters. The standard InChI is InChI=1S/C24H25N3O5/c1-15-12-18(16(2)27(15)19-8-6-17(7-9-19)24(29)32-5)14-25-26-23(28)21-11-10-20(30-3)13-22(21)31-4/h6-14H,1-5H3,(H,26,28). The number of rotatable bonds is 7. The Bertz CT molecular complexity index is 1160. The summed E-state index contributed by atoms with van der Waals surface area (Å²) in [7, 11) is 4.38. The predicted octanol–water partition coefficient (Wildman–Crippen LogP) is 3.66. The van der Waals surface area contributed by atoms with Crippen LogP contribution in [-0.2, 0) is 4.74 Å². The highest BCUT2D eigenvalue weighted by Crippen LogP contribution is 2.24. The topological polar surface area (TPSA) is 91.2 Å². The molecule has 8 nitrogen and oxygen atoms in total. The van der Waals surface area contributed by atoms with Crippen molar-refractivity contribution < 1.29 is 23.8 Å². The van der Waals surface area contributed by atoms with E-state index >= 15 is 0 Å². The Morgan fingerprint density at radius 1 is 0.969 bits per heavy atom. The number of aryl methyl sites for hydroxylation is 1. The van der Waals surface area contributed by atoms with E-state index in [0.717, 1.165) is 22.6 Å². The summed E-state index contributed by atoms with van der Waals surface area (Å²) in [6.07, 6.45) is 1.59. The van der Waals surface area contributed by atoms with Gasteiger partial charge in [0.25, 0.3) is 5.91 Å². The molecule has 3 rings (SSSR count). The lowest BCUT2D eigenvalue weighted by molar-refractivity contribution is 0.0600. The first-order valence-electron chi connectivity index (χ1n) is 9.82. The van der Waals surface area contributed by atoms with Gasteiger partial charge in [-0.15, -0.1) is 0 Å². The number of hydrazone groups is 1. The largest absolute Gasteiger partial charge is 0.497 e. The lowest BCUT2D eigenvalue weighted by Crippen LogP contribution is -2.18. The molecule has 0 saturated heterocycles. The Labute approximate surface area is 186 Å². The average Bonchev–Trinajstić information content (AvgIpc) is 3.10. The van der Waals surface area contributed by atoms with E-state index in [1.807, 2.05) is 36.6 Å². The lowest BCUT2D eigenvalue weighted by atomic mass is 10.2. The number of carbonyl (C=O) groups is 2. The quantitative estimate of drug-likeness (QED) is 0.347. The van der Waals surface area contributed by atoms with Crippen molar-refractivity contribution in [2.45, 2.75) is 13.8 Å². The number of aromatic nitrogens is 1. The molecule has 2 aromatic carbocycles. The summed E-state index contributed by atoms with van der Waals surface area (Å²) in [5.41, 5.74) is 7.04. The minimum Gasteiger partial charge on any atom is -0.497 e. The zero-order valence-electron chi connectivity index (χ0n) is 18.6. The molecule has 0 fully saturated rings. The SMILES string of the molecule is COC(=O)c1ccc(-n2c(C)cc(C=NNC(=O)c3ccc(OC)cc3OC)c2C)cc1. The zero-order valence-corrected chi connectivity index (χ0v) is 18.6. The highest BCUT2D eigenvalue weighted by Gasteiger charge is 2.14. The first-order chi connectivity index (χ1) is 15.4. The predicted molar refractivity (Wildman–Crippen MR) is 121 cm³/mol. The summed E-state index contributed by atoms with van der Waals surface area (Å²) in [5.74, 6) is 0.210. The van der Waals surface area contributed by atoms with Gasteiger partial charge in [0, 0.05) is 28.7 Å². The van der Waals surface area contributed by atoms with Crippen LogP contribution in [0.3, 0.4) is 0 Å². The molecule has 8 heteroatoms. The monoisotopic (exact) mass is 435 g/mol. The molecule has 1 N–H and O–H groups in total. The maximum absolute atomic E-state index is 12.5. The van der Waals surface area contributed by atoms with E-state index in [1.165, 1.54) is 14.2 Å². The fourth-order valence-corrected chi connectivity index (χ4v) is 3.39. The van der Waals surface area contributed by atoms with E-state index in [-0.39, 0.29) is 5.97 Å². The molecule has 1 heterocycles. The Balaban J connectivity index is 1.78. The summed E-state index contributed by atoms with van der Waals surface area (Å²) in [6.45, 7) is 3.93. The number of methoxy groups -OCH3 is 3. The number of amides is 1. The number of hydrogen-bond acceptors (Lipinski definition) is 6. The van der Waals surface area contributed by atoms with Crippen LogP contribution >= 0.6 is 0 Å². The Kier molecular flexibility index (Phi) is 6.94. The van der Waals surface area contributed by atoms with Gasteiger partial charge in [0.2, 0.25) is 0 Å². The highest BCUT2D eigenvalue weighted by molar-refractivity contribution is 5.97. The molecule has 0 saturated carbocycles. The molecule has 0 aliphatic rings. The average molecular weight is 435 g/mol. The molecule has 0 unspecified atom stereocenters. The third kappa shape index (κ3) is 4.64. The van der Waals surface area contributed by atoms with Crippen LogP contribution in [-0.4, -0.2) is 44.0 Å². The van der Waals surface area contributed by atoms with Gasteiger partial charge in [-0.25, -0.2) is 10.2 Å². The number of hydrogen-bond donors (Lipinski definition) is 1. The Morgan fingerprint density at radius 2 is 1.69 bits per heavy atom. The van der Waals surface area contributed by atoms with Crippen molar-refractivity contribution in [1.82, 2.24) is 9.99 Å². The van der Waals surface area contributed by atoms with E-state index in [2.05, 4.69) is 10.5 Å². The van der Waals surface area contributed by atoms with Crippen LogP contribution in [0.1, 0.15) is 37.7 Å². The minimum absolute atomic E-state index is 0.349. The Morgan fingerprint density at radius 3 is 2.31 bits per heavy atom. The third-order valence-electron chi connectivity index (χ3n) is 5.04. The summed E-state index contributed by atoms with van der Waals surface area (Å²) in [6, 6.07) is 14.0. The van der Waals surface area contributed by atoms with Crippen molar-refractivity contribution in [2.75, 3.05) is 21.3 Å². The molecule has 0 radical (unpaired) electrons. The number of esters is 1. The maximum Gasteiger partial charge on any atom is 0.337 e. The van der Waals surface area contributed by atoms with Gasteiger partial charge >= 0.3 is 5.97 Å².